The predicted octanol–water partition coefficient (Wildman–Crippen LogP) is 2.62. The highest BCUT2D eigenvalue weighted by molar-refractivity contribution is 5.22. The van der Waals surface area contributed by atoms with E-state index in [1.54, 1.807) is 0 Å². The van der Waals surface area contributed by atoms with Gasteiger partial charge in [-0.15, -0.1) is 0 Å². The molecule has 1 atom stereocenters. The molecule has 2 heteroatoms. The number of aliphatic hydroxyl groups is 1. The quantitative estimate of drug-likeness (QED) is 0.764. The molecule has 0 saturated heterocycles. The first-order valence-corrected chi connectivity index (χ1v) is 6.43. The highest BCUT2D eigenvalue weighted by Gasteiger charge is 2.08. The standard InChI is InChI=1S/C15H21NO/c17-12-15-8-4-7-14(9-15)11-16-10-13-5-2-1-3-6-13/h1-2,4,7-9,13,16-17H,3,5-6,10-12H2. The molecular formula is C15H21NO. The Morgan fingerprint density at radius 2 is 2.12 bits per heavy atom. The molecule has 17 heavy (non-hydrogen) atoms. The fourth-order valence-electron chi connectivity index (χ4n) is 2.30. The summed E-state index contributed by atoms with van der Waals surface area (Å²) in [6.45, 7) is 2.11. The molecule has 0 aliphatic heterocycles. The molecule has 0 bridgehead atoms. The molecule has 2 nitrogen and oxygen atoms in total. The van der Waals surface area contributed by atoms with Crippen molar-refractivity contribution in [2.75, 3.05) is 6.54 Å². The van der Waals surface area contributed by atoms with Crippen molar-refractivity contribution in [1.82, 2.24) is 5.32 Å². The van der Waals surface area contributed by atoms with Crippen LogP contribution in [0.2, 0.25) is 0 Å². The molecule has 1 aromatic carbocycles. The van der Waals surface area contributed by atoms with Gasteiger partial charge < -0.3 is 10.4 Å². The van der Waals surface area contributed by atoms with Gasteiger partial charge >= 0.3 is 0 Å². The number of hydrogen-bond acceptors (Lipinski definition) is 2. The van der Waals surface area contributed by atoms with Gasteiger partial charge in [0.2, 0.25) is 0 Å². The lowest BCUT2D eigenvalue weighted by Gasteiger charge is -2.18. The predicted molar refractivity (Wildman–Crippen MR) is 70.6 cm³/mol. The molecular weight excluding hydrogens is 210 g/mol. The molecule has 0 aromatic heterocycles. The van der Waals surface area contributed by atoms with Crippen LogP contribution in [0.4, 0.5) is 0 Å². The molecule has 0 fully saturated rings. The average Bonchev–Trinajstić information content (AvgIpc) is 2.40. The summed E-state index contributed by atoms with van der Waals surface area (Å²) in [6, 6.07) is 8.13. The second-order valence-electron chi connectivity index (χ2n) is 4.76. The largest absolute Gasteiger partial charge is 0.392 e. The Morgan fingerprint density at radius 1 is 1.24 bits per heavy atom. The Bertz CT molecular complexity index is 373. The number of hydrogen-bond donors (Lipinski definition) is 2. The summed E-state index contributed by atoms with van der Waals surface area (Å²) < 4.78 is 0. The van der Waals surface area contributed by atoms with Crippen LogP contribution in [-0.4, -0.2) is 11.7 Å². The van der Waals surface area contributed by atoms with Gasteiger partial charge in [-0.3, -0.25) is 0 Å². The van der Waals surface area contributed by atoms with E-state index >= 15 is 0 Å². The summed E-state index contributed by atoms with van der Waals surface area (Å²) in [6.07, 6.45) is 8.32. The van der Waals surface area contributed by atoms with Gasteiger partial charge in [0.25, 0.3) is 0 Å². The lowest BCUT2D eigenvalue weighted by molar-refractivity contribution is 0.281. The van der Waals surface area contributed by atoms with Crippen molar-refractivity contribution in [1.29, 1.82) is 0 Å². The molecule has 0 radical (unpaired) electrons. The van der Waals surface area contributed by atoms with Crippen molar-refractivity contribution < 1.29 is 5.11 Å². The molecule has 0 saturated carbocycles. The van der Waals surface area contributed by atoms with E-state index in [1.807, 2.05) is 12.1 Å². The number of benzene rings is 1. The third-order valence-corrected chi connectivity index (χ3v) is 3.31. The van der Waals surface area contributed by atoms with Crippen LogP contribution in [0.15, 0.2) is 36.4 Å². The fourth-order valence-corrected chi connectivity index (χ4v) is 2.30. The van der Waals surface area contributed by atoms with E-state index in [0.29, 0.717) is 0 Å². The summed E-state index contributed by atoms with van der Waals surface area (Å²) in [5.41, 5.74) is 2.24. The van der Waals surface area contributed by atoms with Crippen molar-refractivity contribution >= 4 is 0 Å². The number of rotatable bonds is 5. The average molecular weight is 231 g/mol. The second kappa shape index (κ2) is 6.58. The van der Waals surface area contributed by atoms with E-state index in [9.17, 15) is 0 Å². The minimum absolute atomic E-state index is 0.126. The van der Waals surface area contributed by atoms with Gasteiger partial charge in [0.15, 0.2) is 0 Å². The van der Waals surface area contributed by atoms with Crippen LogP contribution in [-0.2, 0) is 13.2 Å². The zero-order chi connectivity index (χ0) is 11.9. The summed E-state index contributed by atoms with van der Waals surface area (Å²) >= 11 is 0. The van der Waals surface area contributed by atoms with Crippen molar-refractivity contribution in [3.8, 4) is 0 Å². The lowest BCUT2D eigenvalue weighted by Crippen LogP contribution is -2.23. The van der Waals surface area contributed by atoms with Crippen molar-refractivity contribution in [2.45, 2.75) is 32.4 Å². The molecule has 1 aliphatic rings. The smallest absolute Gasteiger partial charge is 0.0681 e. The Labute approximate surface area is 103 Å². The second-order valence-corrected chi connectivity index (χ2v) is 4.76. The van der Waals surface area contributed by atoms with Gasteiger partial charge in [0, 0.05) is 6.54 Å². The highest BCUT2D eigenvalue weighted by atomic mass is 16.3. The molecule has 2 N–H and O–H groups in total. The van der Waals surface area contributed by atoms with E-state index in [4.69, 9.17) is 5.11 Å². The Morgan fingerprint density at radius 3 is 2.88 bits per heavy atom. The molecule has 1 aromatic rings. The first kappa shape index (κ1) is 12.3. The summed E-state index contributed by atoms with van der Waals surface area (Å²) in [5.74, 6) is 0.793. The maximum atomic E-state index is 9.06. The maximum Gasteiger partial charge on any atom is 0.0681 e. The van der Waals surface area contributed by atoms with Crippen LogP contribution in [0.5, 0.6) is 0 Å². The van der Waals surface area contributed by atoms with E-state index in [0.717, 1.165) is 24.6 Å². The number of nitrogens with one attached hydrogen (secondary N) is 1. The monoisotopic (exact) mass is 231 g/mol. The van der Waals surface area contributed by atoms with E-state index < -0.39 is 0 Å². The Balaban J connectivity index is 1.75. The van der Waals surface area contributed by atoms with Crippen LogP contribution in [0.25, 0.3) is 0 Å². The normalized spacial score (nSPS) is 19.5. The molecule has 2 rings (SSSR count). The maximum absolute atomic E-state index is 9.06. The Hall–Kier alpha value is -1.12. The van der Waals surface area contributed by atoms with Gasteiger partial charge in [-0.1, -0.05) is 36.4 Å². The highest BCUT2D eigenvalue weighted by Crippen LogP contribution is 2.17. The van der Waals surface area contributed by atoms with Crippen LogP contribution >= 0.6 is 0 Å². The molecule has 0 amide bonds. The van der Waals surface area contributed by atoms with Crippen LogP contribution in [0, 0.1) is 5.92 Å². The number of allylic oxidation sites excluding steroid dienone is 2. The lowest BCUT2D eigenvalue weighted by atomic mass is 9.94. The SMILES string of the molecule is OCc1cccc(CNCC2CC=CCC2)c1. The first-order valence-electron chi connectivity index (χ1n) is 6.43. The summed E-state index contributed by atoms with van der Waals surface area (Å²) in [4.78, 5) is 0. The van der Waals surface area contributed by atoms with Gasteiger partial charge in [-0.25, -0.2) is 0 Å². The first-order chi connectivity index (χ1) is 8.38. The Kier molecular flexibility index (Phi) is 4.77. The summed E-state index contributed by atoms with van der Waals surface area (Å²) in [7, 11) is 0. The molecule has 1 aliphatic carbocycles. The van der Waals surface area contributed by atoms with Gasteiger partial charge in [0.05, 0.1) is 6.61 Å². The third-order valence-electron chi connectivity index (χ3n) is 3.31. The van der Waals surface area contributed by atoms with Crippen molar-refractivity contribution in [3.05, 3.63) is 47.5 Å². The van der Waals surface area contributed by atoms with Crippen LogP contribution in [0.3, 0.4) is 0 Å². The van der Waals surface area contributed by atoms with Crippen molar-refractivity contribution in [3.63, 3.8) is 0 Å². The topological polar surface area (TPSA) is 32.3 Å². The molecule has 0 heterocycles. The molecule has 1 unspecified atom stereocenters. The van der Waals surface area contributed by atoms with Gasteiger partial charge in [-0.05, 0) is 42.9 Å². The fraction of sp³-hybridized carbons (Fsp3) is 0.467. The minimum Gasteiger partial charge on any atom is -0.392 e. The van der Waals surface area contributed by atoms with E-state index in [1.165, 1.54) is 24.8 Å². The summed E-state index contributed by atoms with van der Waals surface area (Å²) in [5, 5.41) is 12.6. The number of aliphatic hydroxyl groups excluding tert-OH is 1. The third kappa shape index (κ3) is 3.99. The van der Waals surface area contributed by atoms with Crippen LogP contribution in [0.1, 0.15) is 30.4 Å². The molecule has 92 valence electrons. The van der Waals surface area contributed by atoms with Gasteiger partial charge in [0.1, 0.15) is 0 Å². The van der Waals surface area contributed by atoms with E-state index in [2.05, 4.69) is 29.6 Å². The van der Waals surface area contributed by atoms with Crippen LogP contribution < -0.4 is 5.32 Å². The molecule has 0 spiro atoms. The zero-order valence-corrected chi connectivity index (χ0v) is 10.2. The zero-order valence-electron chi connectivity index (χ0n) is 10.2. The van der Waals surface area contributed by atoms with Gasteiger partial charge in [-0.2, -0.15) is 0 Å². The minimum atomic E-state index is 0.126. The van der Waals surface area contributed by atoms with Crippen molar-refractivity contribution in [2.24, 2.45) is 5.92 Å². The van der Waals surface area contributed by atoms with E-state index in [-0.39, 0.29) is 6.61 Å².